The van der Waals surface area contributed by atoms with E-state index in [2.05, 4.69) is 44.0 Å². The number of allylic oxidation sites excluding steroid dienone is 2. The molecule has 0 saturated carbocycles. The van der Waals surface area contributed by atoms with E-state index in [1.54, 1.807) is 0 Å². The predicted octanol–water partition coefficient (Wildman–Crippen LogP) is 2.80. The van der Waals surface area contributed by atoms with Crippen LogP contribution >= 0.6 is 0 Å². The quantitative estimate of drug-likeness (QED) is 0.766. The van der Waals surface area contributed by atoms with Gasteiger partial charge in [0.1, 0.15) is 5.82 Å². The summed E-state index contributed by atoms with van der Waals surface area (Å²) in [6.45, 7) is 7.32. The van der Waals surface area contributed by atoms with Crippen LogP contribution in [0.25, 0.3) is 0 Å². The summed E-state index contributed by atoms with van der Waals surface area (Å²) in [5, 5.41) is 0. The van der Waals surface area contributed by atoms with E-state index in [0.717, 1.165) is 77.3 Å². The van der Waals surface area contributed by atoms with Gasteiger partial charge in [-0.3, -0.25) is 9.69 Å². The molecule has 5 heteroatoms. The van der Waals surface area contributed by atoms with Gasteiger partial charge < -0.3 is 9.80 Å². The molecule has 1 aromatic rings. The number of pyridine rings is 1. The summed E-state index contributed by atoms with van der Waals surface area (Å²) in [7, 11) is 0. The summed E-state index contributed by atoms with van der Waals surface area (Å²) in [6, 6.07) is 6.13. The molecule has 0 N–H and O–H groups in total. The summed E-state index contributed by atoms with van der Waals surface area (Å²) >= 11 is 0. The second kappa shape index (κ2) is 8.87. The normalized spacial score (nSPS) is 27.0. The highest BCUT2D eigenvalue weighted by atomic mass is 16.2. The van der Waals surface area contributed by atoms with Crippen molar-refractivity contribution in [3.8, 4) is 0 Å². The van der Waals surface area contributed by atoms with Crippen LogP contribution in [0.1, 0.15) is 32.1 Å². The molecule has 27 heavy (non-hydrogen) atoms. The average Bonchev–Trinajstić information content (AvgIpc) is 2.75. The number of piperidine rings is 1. The van der Waals surface area contributed by atoms with Gasteiger partial charge in [-0.2, -0.15) is 0 Å². The monoisotopic (exact) mass is 368 g/mol. The van der Waals surface area contributed by atoms with E-state index in [1.807, 2.05) is 12.3 Å². The Kier molecular flexibility index (Phi) is 6.07. The van der Waals surface area contributed by atoms with Crippen LogP contribution in [0.3, 0.4) is 0 Å². The van der Waals surface area contributed by atoms with E-state index < -0.39 is 0 Å². The van der Waals surface area contributed by atoms with Crippen molar-refractivity contribution in [1.29, 1.82) is 0 Å². The van der Waals surface area contributed by atoms with Gasteiger partial charge in [0.15, 0.2) is 0 Å². The molecule has 4 rings (SSSR count). The van der Waals surface area contributed by atoms with E-state index in [0.29, 0.717) is 11.8 Å². The van der Waals surface area contributed by atoms with Gasteiger partial charge >= 0.3 is 0 Å². The highest BCUT2D eigenvalue weighted by Crippen LogP contribution is 2.25. The fourth-order valence-electron chi connectivity index (χ4n) is 4.76. The number of carbonyl (C=O) groups excluding carboxylic acids is 1. The molecular weight excluding hydrogens is 336 g/mol. The SMILES string of the molecule is O=C(C1CC=CCC1)N1CCCC(CN2CCN(c3ccccn3)CC2)C1. The minimum absolute atomic E-state index is 0.232. The fraction of sp³-hybridized carbons (Fsp3) is 0.636. The fourth-order valence-corrected chi connectivity index (χ4v) is 4.76. The highest BCUT2D eigenvalue weighted by molar-refractivity contribution is 5.79. The van der Waals surface area contributed by atoms with Crippen molar-refractivity contribution in [3.63, 3.8) is 0 Å². The van der Waals surface area contributed by atoms with E-state index in [-0.39, 0.29) is 5.92 Å². The van der Waals surface area contributed by atoms with Crippen LogP contribution in [-0.2, 0) is 4.79 Å². The van der Waals surface area contributed by atoms with Gasteiger partial charge in [-0.25, -0.2) is 4.98 Å². The van der Waals surface area contributed by atoms with Gasteiger partial charge in [0.05, 0.1) is 0 Å². The molecule has 0 spiro atoms. The molecule has 3 heterocycles. The summed E-state index contributed by atoms with van der Waals surface area (Å²) < 4.78 is 0. The molecule has 1 aromatic heterocycles. The standard InChI is InChI=1S/C22H32N4O/c27-22(20-8-2-1-3-9-20)26-12-6-7-19(18-26)17-24-13-15-25(16-14-24)21-10-4-5-11-23-21/h1-2,4-5,10-11,19-20H,3,6-9,12-18H2. The highest BCUT2D eigenvalue weighted by Gasteiger charge is 2.30. The first-order valence-electron chi connectivity index (χ1n) is 10.6. The van der Waals surface area contributed by atoms with E-state index in [1.165, 1.54) is 6.42 Å². The van der Waals surface area contributed by atoms with Crippen molar-refractivity contribution in [2.24, 2.45) is 11.8 Å². The number of anilines is 1. The van der Waals surface area contributed by atoms with Crippen LogP contribution in [0, 0.1) is 11.8 Å². The lowest BCUT2D eigenvalue weighted by Gasteiger charge is -2.40. The molecule has 1 aliphatic carbocycles. The number of likely N-dealkylation sites (tertiary alicyclic amines) is 1. The van der Waals surface area contributed by atoms with Gasteiger partial charge in [-0.05, 0) is 50.2 Å². The molecule has 0 radical (unpaired) electrons. The maximum Gasteiger partial charge on any atom is 0.226 e. The molecule has 1 amide bonds. The zero-order valence-corrected chi connectivity index (χ0v) is 16.3. The number of rotatable bonds is 4. The van der Waals surface area contributed by atoms with Gasteiger partial charge in [0.2, 0.25) is 5.91 Å². The van der Waals surface area contributed by atoms with Crippen LogP contribution in [0.2, 0.25) is 0 Å². The number of hydrogen-bond donors (Lipinski definition) is 0. The minimum Gasteiger partial charge on any atom is -0.354 e. The molecule has 2 atom stereocenters. The third-order valence-electron chi connectivity index (χ3n) is 6.31. The topological polar surface area (TPSA) is 39.7 Å². The lowest BCUT2D eigenvalue weighted by atomic mass is 9.90. The number of carbonyl (C=O) groups is 1. The zero-order valence-electron chi connectivity index (χ0n) is 16.3. The summed E-state index contributed by atoms with van der Waals surface area (Å²) in [5.41, 5.74) is 0. The van der Waals surface area contributed by atoms with Crippen LogP contribution in [-0.4, -0.2) is 66.5 Å². The molecule has 0 aromatic carbocycles. The first-order chi connectivity index (χ1) is 13.3. The maximum absolute atomic E-state index is 12.9. The zero-order chi connectivity index (χ0) is 18.5. The maximum atomic E-state index is 12.9. The summed E-state index contributed by atoms with van der Waals surface area (Å²) in [5.74, 6) is 2.36. The molecule has 2 saturated heterocycles. The lowest BCUT2D eigenvalue weighted by molar-refractivity contribution is -0.137. The second-order valence-electron chi connectivity index (χ2n) is 8.25. The van der Waals surface area contributed by atoms with Crippen molar-refractivity contribution in [2.45, 2.75) is 32.1 Å². The number of aromatic nitrogens is 1. The van der Waals surface area contributed by atoms with Crippen LogP contribution < -0.4 is 4.90 Å². The van der Waals surface area contributed by atoms with E-state index in [9.17, 15) is 4.79 Å². The van der Waals surface area contributed by atoms with Crippen molar-refractivity contribution in [3.05, 3.63) is 36.5 Å². The average molecular weight is 369 g/mol. The summed E-state index contributed by atoms with van der Waals surface area (Å²) in [6.07, 6.45) is 11.7. The Morgan fingerprint density at radius 3 is 2.70 bits per heavy atom. The van der Waals surface area contributed by atoms with Gasteiger partial charge in [0.25, 0.3) is 0 Å². The van der Waals surface area contributed by atoms with Gasteiger partial charge in [-0.1, -0.05) is 18.2 Å². The Hall–Kier alpha value is -1.88. The molecule has 2 fully saturated rings. The van der Waals surface area contributed by atoms with E-state index >= 15 is 0 Å². The first-order valence-corrected chi connectivity index (χ1v) is 10.6. The molecule has 3 aliphatic rings. The Morgan fingerprint density at radius 2 is 1.96 bits per heavy atom. The first kappa shape index (κ1) is 18.5. The van der Waals surface area contributed by atoms with Crippen LogP contribution in [0.15, 0.2) is 36.5 Å². The molecule has 2 aliphatic heterocycles. The number of nitrogens with zero attached hydrogens (tertiary/aromatic N) is 4. The van der Waals surface area contributed by atoms with E-state index in [4.69, 9.17) is 0 Å². The van der Waals surface area contributed by atoms with Crippen LogP contribution in [0.5, 0.6) is 0 Å². The van der Waals surface area contributed by atoms with Crippen molar-refractivity contribution in [1.82, 2.24) is 14.8 Å². The van der Waals surface area contributed by atoms with Crippen molar-refractivity contribution >= 4 is 11.7 Å². The number of piperazine rings is 1. The molecular formula is C22H32N4O. The Labute approximate surface area is 163 Å². The van der Waals surface area contributed by atoms with Crippen molar-refractivity contribution < 1.29 is 4.79 Å². The van der Waals surface area contributed by atoms with Crippen molar-refractivity contribution in [2.75, 3.05) is 50.7 Å². The van der Waals surface area contributed by atoms with Gasteiger partial charge in [0, 0.05) is 57.9 Å². The smallest absolute Gasteiger partial charge is 0.226 e. The van der Waals surface area contributed by atoms with Crippen LogP contribution in [0.4, 0.5) is 5.82 Å². The number of amides is 1. The largest absolute Gasteiger partial charge is 0.354 e. The van der Waals surface area contributed by atoms with Gasteiger partial charge in [-0.15, -0.1) is 0 Å². The third-order valence-corrected chi connectivity index (χ3v) is 6.31. The molecule has 2 unspecified atom stereocenters. The Balaban J connectivity index is 1.25. The second-order valence-corrected chi connectivity index (χ2v) is 8.25. The minimum atomic E-state index is 0.232. The molecule has 146 valence electrons. The third kappa shape index (κ3) is 4.70. The number of hydrogen-bond acceptors (Lipinski definition) is 4. The Morgan fingerprint density at radius 1 is 1.07 bits per heavy atom. The lowest BCUT2D eigenvalue weighted by Crippen LogP contribution is -2.51. The Bertz CT molecular complexity index is 639. The predicted molar refractivity (Wildman–Crippen MR) is 109 cm³/mol. The molecule has 0 bridgehead atoms. The summed E-state index contributed by atoms with van der Waals surface area (Å²) in [4.78, 5) is 24.5. The molecule has 5 nitrogen and oxygen atoms in total.